The van der Waals surface area contributed by atoms with Gasteiger partial charge in [-0.05, 0) is 6.92 Å². The molecular formula is C5H7N3O2. The van der Waals surface area contributed by atoms with E-state index in [0.29, 0.717) is 5.69 Å². The van der Waals surface area contributed by atoms with E-state index in [1.54, 1.807) is 6.92 Å². The summed E-state index contributed by atoms with van der Waals surface area (Å²) in [6.07, 6.45) is 0. The molecule has 1 heterocycles. The van der Waals surface area contributed by atoms with Crippen LogP contribution in [0.15, 0.2) is 0 Å². The van der Waals surface area contributed by atoms with Crippen LogP contribution >= 0.6 is 0 Å². The highest BCUT2D eigenvalue weighted by Gasteiger charge is 2.04. The van der Waals surface area contributed by atoms with E-state index < -0.39 is 5.97 Å². The second-order valence-electron chi connectivity index (χ2n) is 1.81. The zero-order valence-corrected chi connectivity index (χ0v) is 5.71. The Morgan fingerprint density at radius 1 is 1.60 bits per heavy atom. The highest BCUT2D eigenvalue weighted by atomic mass is 16.5. The summed E-state index contributed by atoms with van der Waals surface area (Å²) in [6, 6.07) is 0. The van der Waals surface area contributed by atoms with Gasteiger partial charge in [0.1, 0.15) is 5.69 Å². The lowest BCUT2D eigenvalue weighted by atomic mass is 10.5. The van der Waals surface area contributed by atoms with Crippen molar-refractivity contribution in [2.45, 2.75) is 13.8 Å². The first-order chi connectivity index (χ1) is 4.70. The highest BCUT2D eigenvalue weighted by molar-refractivity contribution is 5.68. The van der Waals surface area contributed by atoms with E-state index in [9.17, 15) is 4.79 Å². The molecule has 1 rings (SSSR count). The lowest BCUT2D eigenvalue weighted by molar-refractivity contribution is -0.132. The quantitative estimate of drug-likeness (QED) is 0.560. The Balaban J connectivity index is 2.74. The lowest BCUT2D eigenvalue weighted by Gasteiger charge is -1.92. The van der Waals surface area contributed by atoms with Crippen molar-refractivity contribution < 1.29 is 9.53 Å². The van der Waals surface area contributed by atoms with Crippen molar-refractivity contribution >= 4 is 5.97 Å². The molecule has 0 saturated carbocycles. The Bertz CT molecular complexity index is 243. The third-order valence-corrected chi connectivity index (χ3v) is 0.919. The maximum absolute atomic E-state index is 10.4. The summed E-state index contributed by atoms with van der Waals surface area (Å²) in [6.45, 7) is 3.01. The van der Waals surface area contributed by atoms with Gasteiger partial charge in [0.05, 0.1) is 0 Å². The summed E-state index contributed by atoms with van der Waals surface area (Å²) >= 11 is 0. The van der Waals surface area contributed by atoms with Gasteiger partial charge in [0, 0.05) is 6.92 Å². The van der Waals surface area contributed by atoms with Crippen LogP contribution in [-0.4, -0.2) is 21.4 Å². The number of carbonyl (C=O) groups excluding carboxylic acids is 1. The van der Waals surface area contributed by atoms with Crippen LogP contribution in [0.5, 0.6) is 5.88 Å². The molecule has 0 spiro atoms. The number of aromatic amines is 1. The summed E-state index contributed by atoms with van der Waals surface area (Å²) in [5, 5.41) is 9.56. The van der Waals surface area contributed by atoms with Gasteiger partial charge in [-0.15, -0.1) is 5.10 Å². The number of carbonyl (C=O) groups is 1. The Morgan fingerprint density at radius 2 is 2.30 bits per heavy atom. The summed E-state index contributed by atoms with van der Waals surface area (Å²) in [4.78, 5) is 10.4. The van der Waals surface area contributed by atoms with Gasteiger partial charge in [0.15, 0.2) is 0 Å². The van der Waals surface area contributed by atoms with E-state index in [-0.39, 0.29) is 5.88 Å². The van der Waals surface area contributed by atoms with Crippen molar-refractivity contribution in [2.75, 3.05) is 0 Å². The molecule has 1 N–H and O–H groups in total. The van der Waals surface area contributed by atoms with E-state index in [1.165, 1.54) is 6.92 Å². The van der Waals surface area contributed by atoms with Crippen LogP contribution in [0.25, 0.3) is 0 Å². The molecule has 0 fully saturated rings. The molecule has 0 aliphatic carbocycles. The van der Waals surface area contributed by atoms with Gasteiger partial charge in [-0.2, -0.15) is 10.3 Å². The zero-order chi connectivity index (χ0) is 7.56. The molecule has 0 bridgehead atoms. The van der Waals surface area contributed by atoms with Gasteiger partial charge in [0.2, 0.25) is 0 Å². The Morgan fingerprint density at radius 3 is 2.70 bits per heavy atom. The predicted molar refractivity (Wildman–Crippen MR) is 32.4 cm³/mol. The Hall–Kier alpha value is -1.39. The van der Waals surface area contributed by atoms with Crippen LogP contribution in [0.2, 0.25) is 0 Å². The second kappa shape index (κ2) is 2.47. The largest absolute Gasteiger partial charge is 0.404 e. The number of aromatic nitrogens is 3. The van der Waals surface area contributed by atoms with Gasteiger partial charge < -0.3 is 4.74 Å². The number of nitrogens with one attached hydrogen (secondary N) is 1. The predicted octanol–water partition coefficient (Wildman–Crippen LogP) is 0.0384. The maximum atomic E-state index is 10.4. The molecule has 54 valence electrons. The molecule has 1 aromatic rings. The Labute approximate surface area is 57.4 Å². The first-order valence-electron chi connectivity index (χ1n) is 2.76. The third-order valence-electron chi connectivity index (χ3n) is 0.919. The number of rotatable bonds is 1. The zero-order valence-electron chi connectivity index (χ0n) is 5.71. The summed E-state index contributed by atoms with van der Waals surface area (Å²) in [7, 11) is 0. The number of hydrogen-bond donors (Lipinski definition) is 1. The molecule has 5 nitrogen and oxygen atoms in total. The van der Waals surface area contributed by atoms with Gasteiger partial charge in [-0.3, -0.25) is 4.79 Å². The van der Waals surface area contributed by atoms with Gasteiger partial charge >= 0.3 is 5.97 Å². The summed E-state index contributed by atoms with van der Waals surface area (Å²) in [5.74, 6) is -0.149. The first kappa shape index (κ1) is 6.73. The van der Waals surface area contributed by atoms with Crippen molar-refractivity contribution in [2.24, 2.45) is 0 Å². The van der Waals surface area contributed by atoms with Crippen molar-refractivity contribution in [3.8, 4) is 5.88 Å². The van der Waals surface area contributed by atoms with E-state index in [2.05, 4.69) is 20.1 Å². The van der Waals surface area contributed by atoms with Crippen molar-refractivity contribution in [1.82, 2.24) is 15.4 Å². The molecule has 5 heteroatoms. The molecule has 10 heavy (non-hydrogen) atoms. The highest BCUT2D eigenvalue weighted by Crippen LogP contribution is 2.07. The molecule has 0 saturated heterocycles. The average molecular weight is 141 g/mol. The smallest absolute Gasteiger partial charge is 0.309 e. The molecule has 0 aliphatic heterocycles. The fraction of sp³-hybridized carbons (Fsp3) is 0.400. The summed E-state index contributed by atoms with van der Waals surface area (Å²) in [5.41, 5.74) is 0.579. The van der Waals surface area contributed by atoms with Crippen molar-refractivity contribution in [3.63, 3.8) is 0 Å². The molecule has 0 amide bonds. The number of nitrogens with zero attached hydrogens (tertiary/aromatic N) is 2. The first-order valence-corrected chi connectivity index (χ1v) is 2.76. The van der Waals surface area contributed by atoms with E-state index in [1.807, 2.05) is 0 Å². The normalized spacial score (nSPS) is 9.40. The van der Waals surface area contributed by atoms with Gasteiger partial charge in [-0.1, -0.05) is 0 Å². The van der Waals surface area contributed by atoms with E-state index in [4.69, 9.17) is 0 Å². The monoisotopic (exact) mass is 141 g/mol. The van der Waals surface area contributed by atoms with E-state index >= 15 is 0 Å². The molecule has 0 aromatic carbocycles. The van der Waals surface area contributed by atoms with Crippen LogP contribution < -0.4 is 4.74 Å². The number of hydrogen-bond acceptors (Lipinski definition) is 4. The fourth-order valence-corrected chi connectivity index (χ4v) is 0.507. The average Bonchev–Trinajstić information content (AvgIpc) is 2.15. The summed E-state index contributed by atoms with van der Waals surface area (Å²) < 4.78 is 4.64. The number of aryl methyl sites for hydroxylation is 1. The second-order valence-corrected chi connectivity index (χ2v) is 1.81. The van der Waals surface area contributed by atoms with E-state index in [0.717, 1.165) is 0 Å². The molecular weight excluding hydrogens is 134 g/mol. The topological polar surface area (TPSA) is 67.9 Å². The fourth-order valence-electron chi connectivity index (χ4n) is 0.507. The Kier molecular flexibility index (Phi) is 1.66. The number of esters is 1. The van der Waals surface area contributed by atoms with Crippen molar-refractivity contribution in [3.05, 3.63) is 5.69 Å². The lowest BCUT2D eigenvalue weighted by Crippen LogP contribution is -2.02. The van der Waals surface area contributed by atoms with Gasteiger partial charge in [0.25, 0.3) is 5.88 Å². The third kappa shape index (κ3) is 1.31. The maximum Gasteiger partial charge on any atom is 0.309 e. The molecule has 0 atom stereocenters. The van der Waals surface area contributed by atoms with Crippen LogP contribution in [0.1, 0.15) is 12.6 Å². The SMILES string of the molecule is CC(=O)Oc1n[nH]nc1C. The minimum atomic E-state index is -0.392. The number of ether oxygens (including phenoxy) is 1. The molecule has 1 aromatic heterocycles. The molecule has 0 aliphatic rings. The number of H-pyrrole nitrogens is 1. The van der Waals surface area contributed by atoms with Crippen LogP contribution in [0.4, 0.5) is 0 Å². The standard InChI is InChI=1S/C5H7N3O2/c1-3-5(7-8-6-3)10-4(2)9/h1-2H3,(H,6,7,8). The van der Waals surface area contributed by atoms with Crippen LogP contribution in [0, 0.1) is 6.92 Å². The molecule has 0 radical (unpaired) electrons. The minimum absolute atomic E-state index is 0.243. The van der Waals surface area contributed by atoms with Crippen LogP contribution in [0.3, 0.4) is 0 Å². The molecule has 0 unspecified atom stereocenters. The van der Waals surface area contributed by atoms with Gasteiger partial charge in [-0.25, -0.2) is 0 Å². The van der Waals surface area contributed by atoms with Crippen molar-refractivity contribution in [1.29, 1.82) is 0 Å². The van der Waals surface area contributed by atoms with Crippen LogP contribution in [-0.2, 0) is 4.79 Å². The minimum Gasteiger partial charge on any atom is -0.404 e.